The van der Waals surface area contributed by atoms with Crippen molar-refractivity contribution in [3.05, 3.63) is 87.6 Å². The van der Waals surface area contributed by atoms with E-state index in [1.807, 2.05) is 0 Å². The molecule has 6 aromatic rings. The molecule has 0 unspecified atom stereocenters. The molecule has 4 saturated carbocycles. The van der Waals surface area contributed by atoms with Crippen molar-refractivity contribution in [3.8, 4) is 0 Å². The number of rotatable bonds is 6. The summed E-state index contributed by atoms with van der Waals surface area (Å²) < 4.78 is 4.82. The Morgan fingerprint density at radius 2 is 1.56 bits per heavy atom. The molecule has 2 heterocycles. The first-order valence-electron chi connectivity index (χ1n) is 18.5. The van der Waals surface area contributed by atoms with Gasteiger partial charge in [-0.15, -0.1) is 0 Å². The first kappa shape index (κ1) is 30.2. The minimum absolute atomic E-state index is 0.0260. The first-order chi connectivity index (χ1) is 23.0. The fraction of sp³-hybridized carbons (Fsp3) is 0.413. The lowest BCUT2D eigenvalue weighted by molar-refractivity contribution is -0.503. The predicted octanol–water partition coefficient (Wildman–Crippen LogP) is 10.7. The lowest BCUT2D eigenvalue weighted by Gasteiger charge is -2.57. The number of para-hydroxylation sites is 1. The van der Waals surface area contributed by atoms with Gasteiger partial charge in [0.1, 0.15) is 20.3 Å². The van der Waals surface area contributed by atoms with E-state index in [0.717, 1.165) is 30.7 Å². The largest absolute Gasteiger partial charge is 0.308 e. The van der Waals surface area contributed by atoms with Gasteiger partial charge in [-0.2, -0.15) is 0 Å². The van der Waals surface area contributed by atoms with E-state index in [-0.39, 0.29) is 10.8 Å². The van der Waals surface area contributed by atoms with Gasteiger partial charge in [0.15, 0.2) is 0 Å². The second kappa shape index (κ2) is 10.3. The third-order valence-corrected chi connectivity index (χ3v) is 12.9. The Hall–Kier alpha value is -3.91. The molecule has 2 nitrogen and oxygen atoms in total. The van der Waals surface area contributed by atoms with Gasteiger partial charge in [-0.25, -0.2) is 4.58 Å². The van der Waals surface area contributed by atoms with Crippen molar-refractivity contribution in [2.45, 2.75) is 85.0 Å². The van der Waals surface area contributed by atoms with Crippen LogP contribution >= 0.6 is 0 Å². The topological polar surface area (TPSA) is 7.42 Å². The second-order valence-electron chi connectivity index (χ2n) is 17.4. The van der Waals surface area contributed by atoms with Crippen molar-refractivity contribution in [1.29, 1.82) is 0 Å². The van der Waals surface area contributed by atoms with Crippen molar-refractivity contribution in [2.24, 2.45) is 23.2 Å². The number of pyridine rings is 1. The number of aromatic nitrogens is 1. The molecular weight excluding hydrogens is 581 g/mol. The fourth-order valence-corrected chi connectivity index (χ4v) is 11.9. The Bertz CT molecular complexity index is 2390. The van der Waals surface area contributed by atoms with Crippen LogP contribution in [0.15, 0.2) is 54.6 Å². The Kier molecular flexibility index (Phi) is 6.47. The highest BCUT2D eigenvalue weighted by Gasteiger charge is 2.52. The van der Waals surface area contributed by atoms with Gasteiger partial charge < -0.3 is 4.40 Å². The normalized spacial score (nSPS) is 24.1. The molecule has 48 heavy (non-hydrogen) atoms. The monoisotopic (exact) mass is 631 g/mol. The zero-order chi connectivity index (χ0) is 33.3. The van der Waals surface area contributed by atoms with E-state index in [2.05, 4.69) is 118 Å². The molecule has 0 saturated heterocycles. The Balaban J connectivity index is 1.52. The molecule has 4 aliphatic rings. The highest BCUT2D eigenvalue weighted by molar-refractivity contribution is 6.22. The van der Waals surface area contributed by atoms with Gasteiger partial charge in [0.05, 0.1) is 16.6 Å². The third-order valence-electron chi connectivity index (χ3n) is 12.9. The molecule has 0 aliphatic heterocycles. The van der Waals surface area contributed by atoms with Gasteiger partial charge >= 0.3 is 0 Å². The summed E-state index contributed by atoms with van der Waals surface area (Å²) in [4.78, 5) is 0. The summed E-state index contributed by atoms with van der Waals surface area (Å²) >= 11 is 0. The molecular formula is C46H51N2+. The average molecular weight is 632 g/mol. The zero-order valence-electron chi connectivity index (χ0n) is 30.0. The van der Waals surface area contributed by atoms with Crippen LogP contribution in [-0.4, -0.2) is 29.3 Å². The summed E-state index contributed by atoms with van der Waals surface area (Å²) in [5.41, 5.74) is 11.5. The SMILES string of the molecule is C=c1c2c(C)c3cc(C)ccc3c(CC(C)(C)C[N+](=C)C)c2n2c3ccccc3c3c(C45CC6CC(CC(C6)C4)C5)cc(/C=C\C)c1c32. The van der Waals surface area contributed by atoms with E-state index >= 15 is 0 Å². The third kappa shape index (κ3) is 4.20. The molecule has 2 aromatic heterocycles. The quantitative estimate of drug-likeness (QED) is 0.0981. The molecule has 0 N–H and O–H groups in total. The molecule has 4 aliphatic carbocycles. The van der Waals surface area contributed by atoms with Crippen LogP contribution in [0.2, 0.25) is 0 Å². The number of hydrogen-bond donors (Lipinski definition) is 0. The summed E-state index contributed by atoms with van der Waals surface area (Å²) in [6.07, 6.45) is 14.1. The standard InChI is InChI=1S/C46H51N2/c1-9-12-33-21-38(46-22-30-18-31(23-46)20-32(19-30)24-46)42-35-13-10-11-14-39(35)48-43-37(25-45(5,6)26-47(7)8)34-16-15-27(2)17-36(34)28(3)40(43)29(4)41(33)44(42)48/h9-17,21,30-32H,4,7,18-20,22-26H2,1-3,5-6,8H3/q+1/b12-9-. The van der Waals surface area contributed by atoms with Crippen molar-refractivity contribution in [3.63, 3.8) is 0 Å². The number of benzene rings is 4. The number of nitrogens with zero attached hydrogens (tertiary/aromatic N) is 2. The van der Waals surface area contributed by atoms with E-state index < -0.39 is 0 Å². The first-order valence-corrected chi connectivity index (χ1v) is 18.5. The number of hydrogen-bond acceptors (Lipinski definition) is 0. The maximum Gasteiger partial charge on any atom is 0.147 e. The number of fused-ring (bicyclic) bond motifs is 6. The molecule has 4 bridgehead atoms. The van der Waals surface area contributed by atoms with Crippen molar-refractivity contribution >= 4 is 68.2 Å². The van der Waals surface area contributed by atoms with Gasteiger partial charge in [0.25, 0.3) is 0 Å². The summed E-state index contributed by atoms with van der Waals surface area (Å²) in [6, 6.07) is 19.1. The summed E-state index contributed by atoms with van der Waals surface area (Å²) in [5.74, 6) is 2.68. The van der Waals surface area contributed by atoms with E-state index in [0.29, 0.717) is 0 Å². The lowest BCUT2D eigenvalue weighted by atomic mass is 9.47. The number of allylic oxidation sites excluding steroid dienone is 1. The molecule has 4 aromatic carbocycles. The summed E-state index contributed by atoms with van der Waals surface area (Å²) in [6.45, 7) is 21.8. The molecule has 244 valence electrons. The maximum absolute atomic E-state index is 5.03. The van der Waals surface area contributed by atoms with Crippen LogP contribution in [0.1, 0.15) is 87.1 Å². The minimum atomic E-state index is 0.0260. The van der Waals surface area contributed by atoms with Crippen LogP contribution in [0.4, 0.5) is 0 Å². The molecule has 2 heteroatoms. The highest BCUT2D eigenvalue weighted by atomic mass is 14.9. The zero-order valence-corrected chi connectivity index (χ0v) is 30.0. The molecule has 0 spiro atoms. The highest BCUT2D eigenvalue weighted by Crippen LogP contribution is 2.62. The lowest BCUT2D eigenvalue weighted by Crippen LogP contribution is -2.48. The van der Waals surface area contributed by atoms with Gasteiger partial charge in [-0.1, -0.05) is 74.5 Å². The van der Waals surface area contributed by atoms with Crippen molar-refractivity contribution in [1.82, 2.24) is 4.40 Å². The molecule has 0 amide bonds. The van der Waals surface area contributed by atoms with Crippen LogP contribution in [0, 0.1) is 37.0 Å². The maximum atomic E-state index is 5.03. The van der Waals surface area contributed by atoms with E-state index in [4.69, 9.17) is 6.58 Å². The Morgan fingerprint density at radius 1 is 0.875 bits per heavy atom. The second-order valence-corrected chi connectivity index (χ2v) is 17.4. The smallest absolute Gasteiger partial charge is 0.147 e. The average Bonchev–Trinajstić information content (AvgIpc) is 3.35. The van der Waals surface area contributed by atoms with E-state index in [1.165, 1.54) is 115 Å². The number of aryl methyl sites for hydroxylation is 2. The van der Waals surface area contributed by atoms with Crippen LogP contribution < -0.4 is 5.22 Å². The van der Waals surface area contributed by atoms with E-state index in [1.54, 1.807) is 5.56 Å². The van der Waals surface area contributed by atoms with Crippen LogP contribution in [0.3, 0.4) is 0 Å². The fourth-order valence-electron chi connectivity index (χ4n) is 11.9. The Labute approximate surface area is 285 Å². The van der Waals surface area contributed by atoms with Gasteiger partial charge in [-0.05, 0) is 139 Å². The molecule has 10 rings (SSSR count). The van der Waals surface area contributed by atoms with Crippen LogP contribution in [-0.2, 0) is 11.8 Å². The van der Waals surface area contributed by atoms with Crippen molar-refractivity contribution < 1.29 is 4.58 Å². The van der Waals surface area contributed by atoms with Crippen LogP contribution in [0.25, 0.3) is 61.5 Å². The molecule has 0 atom stereocenters. The van der Waals surface area contributed by atoms with Gasteiger partial charge in [0.2, 0.25) is 0 Å². The molecule has 0 radical (unpaired) electrons. The molecule has 4 fully saturated rings. The van der Waals surface area contributed by atoms with Crippen molar-refractivity contribution in [2.75, 3.05) is 13.6 Å². The summed E-state index contributed by atoms with van der Waals surface area (Å²) in [5, 5.41) is 9.50. The van der Waals surface area contributed by atoms with Gasteiger partial charge in [-0.3, -0.25) is 0 Å². The summed E-state index contributed by atoms with van der Waals surface area (Å²) in [7, 11) is 2.10. The predicted molar refractivity (Wildman–Crippen MR) is 208 cm³/mol. The minimum Gasteiger partial charge on any atom is -0.308 e. The van der Waals surface area contributed by atoms with Crippen LogP contribution in [0.5, 0.6) is 0 Å². The van der Waals surface area contributed by atoms with E-state index in [9.17, 15) is 0 Å². The van der Waals surface area contributed by atoms with Gasteiger partial charge in [0, 0.05) is 27.0 Å². The Morgan fingerprint density at radius 3 is 2.23 bits per heavy atom.